The van der Waals surface area contributed by atoms with Crippen LogP contribution in [0, 0.1) is 0 Å². The lowest BCUT2D eigenvalue weighted by Gasteiger charge is -2.29. The Balaban J connectivity index is 1.78. The van der Waals surface area contributed by atoms with Crippen molar-refractivity contribution in [3.63, 3.8) is 0 Å². The number of fused-ring (bicyclic) bond motifs is 1. The van der Waals surface area contributed by atoms with Gasteiger partial charge in [-0.25, -0.2) is 0 Å². The molecule has 2 heterocycles. The number of pyridine rings is 1. The molecule has 23 heavy (non-hydrogen) atoms. The van der Waals surface area contributed by atoms with Crippen molar-refractivity contribution >= 4 is 16.5 Å². The van der Waals surface area contributed by atoms with E-state index in [1.54, 1.807) is 0 Å². The number of hydrogen-bond acceptors (Lipinski definition) is 2. The van der Waals surface area contributed by atoms with Crippen LogP contribution in [0.2, 0.25) is 0 Å². The lowest BCUT2D eigenvalue weighted by atomic mass is 10.1. The van der Waals surface area contributed by atoms with Crippen LogP contribution in [0.5, 0.6) is 0 Å². The summed E-state index contributed by atoms with van der Waals surface area (Å²) in [4.78, 5) is 17.9. The molecule has 0 spiro atoms. The third-order valence-corrected chi connectivity index (χ3v) is 4.64. The fraction of sp³-hybridized carbons (Fsp3) is 0.250. The maximum Gasteiger partial charge on any atom is 0.256 e. The van der Waals surface area contributed by atoms with Gasteiger partial charge in [0.1, 0.15) is 0 Å². The number of anilines is 1. The maximum atomic E-state index is 12.5. The zero-order valence-corrected chi connectivity index (χ0v) is 13.1. The second-order valence-electron chi connectivity index (χ2n) is 6.20. The van der Waals surface area contributed by atoms with E-state index in [0.717, 1.165) is 40.8 Å². The molecule has 0 amide bonds. The quantitative estimate of drug-likeness (QED) is 0.771. The first kappa shape index (κ1) is 14.1. The Morgan fingerprint density at radius 2 is 1.65 bits per heavy atom. The first-order valence-electron chi connectivity index (χ1n) is 8.29. The van der Waals surface area contributed by atoms with Crippen LogP contribution in [0.4, 0.5) is 5.69 Å². The van der Waals surface area contributed by atoms with Crippen LogP contribution in [0.25, 0.3) is 22.0 Å². The predicted molar refractivity (Wildman–Crippen MR) is 96.1 cm³/mol. The Morgan fingerprint density at radius 1 is 0.870 bits per heavy atom. The zero-order chi connectivity index (χ0) is 15.6. The van der Waals surface area contributed by atoms with E-state index in [1.807, 2.05) is 36.4 Å². The van der Waals surface area contributed by atoms with Gasteiger partial charge in [-0.05, 0) is 48.4 Å². The highest BCUT2D eigenvalue weighted by molar-refractivity contribution is 5.88. The molecule has 1 fully saturated rings. The summed E-state index contributed by atoms with van der Waals surface area (Å²) in [7, 11) is 0. The van der Waals surface area contributed by atoms with Crippen LogP contribution in [-0.2, 0) is 0 Å². The Morgan fingerprint density at radius 3 is 2.43 bits per heavy atom. The Hall–Kier alpha value is -2.55. The second-order valence-corrected chi connectivity index (χ2v) is 6.20. The van der Waals surface area contributed by atoms with E-state index in [1.165, 1.54) is 19.3 Å². The van der Waals surface area contributed by atoms with E-state index in [2.05, 4.69) is 28.1 Å². The number of hydrogen-bond donors (Lipinski definition) is 1. The normalized spacial score (nSPS) is 15.0. The third-order valence-electron chi connectivity index (χ3n) is 4.64. The molecule has 1 aliphatic rings. The minimum absolute atomic E-state index is 0.0137. The van der Waals surface area contributed by atoms with Crippen LogP contribution in [-0.4, -0.2) is 18.1 Å². The summed E-state index contributed by atoms with van der Waals surface area (Å²) in [5.74, 6) is 0. The Labute approximate surface area is 135 Å². The minimum atomic E-state index is -0.0137. The monoisotopic (exact) mass is 304 g/mol. The molecule has 3 aromatic rings. The third kappa shape index (κ3) is 2.74. The first-order chi connectivity index (χ1) is 11.3. The Kier molecular flexibility index (Phi) is 3.62. The summed E-state index contributed by atoms with van der Waals surface area (Å²) >= 11 is 0. The molecule has 3 nitrogen and oxygen atoms in total. The van der Waals surface area contributed by atoms with Crippen molar-refractivity contribution in [3.05, 3.63) is 65.0 Å². The lowest BCUT2D eigenvalue weighted by molar-refractivity contribution is 0.578. The average molecular weight is 304 g/mol. The summed E-state index contributed by atoms with van der Waals surface area (Å²) in [5, 5.41) is 1.76. The summed E-state index contributed by atoms with van der Waals surface area (Å²) in [6, 6.07) is 18.3. The molecule has 3 heteroatoms. The summed E-state index contributed by atoms with van der Waals surface area (Å²) in [6.07, 6.45) is 3.79. The van der Waals surface area contributed by atoms with Gasteiger partial charge in [-0.1, -0.05) is 36.4 Å². The van der Waals surface area contributed by atoms with E-state index in [9.17, 15) is 4.79 Å². The minimum Gasteiger partial charge on any atom is -0.372 e. The average Bonchev–Trinajstić information content (AvgIpc) is 2.63. The van der Waals surface area contributed by atoms with Crippen molar-refractivity contribution < 1.29 is 0 Å². The van der Waals surface area contributed by atoms with E-state index >= 15 is 0 Å². The van der Waals surface area contributed by atoms with Crippen molar-refractivity contribution in [2.75, 3.05) is 18.0 Å². The van der Waals surface area contributed by atoms with Gasteiger partial charge in [0, 0.05) is 29.9 Å². The fourth-order valence-electron chi connectivity index (χ4n) is 3.37. The number of aromatic nitrogens is 1. The topological polar surface area (TPSA) is 36.1 Å². The van der Waals surface area contributed by atoms with Crippen LogP contribution in [0.3, 0.4) is 0 Å². The number of rotatable bonds is 2. The lowest BCUT2D eigenvalue weighted by Crippen LogP contribution is -2.29. The number of H-pyrrole nitrogens is 1. The van der Waals surface area contributed by atoms with Crippen molar-refractivity contribution in [1.82, 2.24) is 4.98 Å². The number of aromatic amines is 1. The molecule has 0 bridgehead atoms. The molecule has 0 atom stereocenters. The molecule has 1 saturated heterocycles. The van der Waals surface area contributed by atoms with Gasteiger partial charge < -0.3 is 9.88 Å². The summed E-state index contributed by atoms with van der Waals surface area (Å²) in [6.45, 7) is 2.18. The van der Waals surface area contributed by atoms with Gasteiger partial charge >= 0.3 is 0 Å². The molecule has 1 N–H and O–H groups in total. The van der Waals surface area contributed by atoms with Crippen LogP contribution in [0.1, 0.15) is 19.3 Å². The molecular weight excluding hydrogens is 284 g/mol. The smallest absolute Gasteiger partial charge is 0.256 e. The van der Waals surface area contributed by atoms with Gasteiger partial charge in [-0.15, -0.1) is 0 Å². The molecule has 2 aromatic carbocycles. The molecule has 0 unspecified atom stereocenters. The largest absolute Gasteiger partial charge is 0.372 e. The van der Waals surface area contributed by atoms with Crippen LogP contribution in [0.15, 0.2) is 59.4 Å². The van der Waals surface area contributed by atoms with Crippen molar-refractivity contribution in [3.8, 4) is 11.3 Å². The van der Waals surface area contributed by atoms with Gasteiger partial charge in [-0.2, -0.15) is 0 Å². The van der Waals surface area contributed by atoms with Gasteiger partial charge in [0.05, 0.1) is 0 Å². The molecule has 0 aliphatic carbocycles. The molecule has 4 rings (SSSR count). The van der Waals surface area contributed by atoms with Crippen molar-refractivity contribution in [2.24, 2.45) is 0 Å². The molecule has 0 radical (unpaired) electrons. The van der Waals surface area contributed by atoms with Gasteiger partial charge in [-0.3, -0.25) is 4.79 Å². The maximum absolute atomic E-state index is 12.5. The number of nitrogens with zero attached hydrogens (tertiary/aromatic N) is 1. The fourth-order valence-corrected chi connectivity index (χ4v) is 3.37. The highest BCUT2D eigenvalue weighted by Crippen LogP contribution is 2.25. The van der Waals surface area contributed by atoms with Gasteiger partial charge in [0.2, 0.25) is 0 Å². The number of nitrogens with one attached hydrogen (secondary N) is 1. The molecule has 1 aliphatic heterocycles. The SMILES string of the molecule is O=c1[nH]c(-c2ccccc2)cc2ccc(N3CCCCC3)cc12. The molecular formula is C20H20N2O. The van der Waals surface area contributed by atoms with E-state index in [4.69, 9.17) is 0 Å². The Bertz CT molecular complexity index is 877. The predicted octanol–water partition coefficient (Wildman–Crippen LogP) is 4.19. The zero-order valence-electron chi connectivity index (χ0n) is 13.1. The molecule has 116 valence electrons. The highest BCUT2D eigenvalue weighted by Gasteiger charge is 2.12. The second kappa shape index (κ2) is 5.92. The molecule has 0 saturated carbocycles. The standard InChI is InChI=1S/C20H20N2O/c23-20-18-14-17(22-11-5-2-6-12-22)10-9-16(18)13-19(21-20)15-7-3-1-4-8-15/h1,3-4,7-10,13-14H,2,5-6,11-12H2,(H,21,23). The van der Waals surface area contributed by atoms with E-state index < -0.39 is 0 Å². The van der Waals surface area contributed by atoms with E-state index in [0.29, 0.717) is 0 Å². The summed E-state index contributed by atoms with van der Waals surface area (Å²) < 4.78 is 0. The first-order valence-corrected chi connectivity index (χ1v) is 8.29. The van der Waals surface area contributed by atoms with Gasteiger partial charge in [0.15, 0.2) is 0 Å². The summed E-state index contributed by atoms with van der Waals surface area (Å²) in [5.41, 5.74) is 3.05. The van der Waals surface area contributed by atoms with Crippen LogP contribution < -0.4 is 10.5 Å². The van der Waals surface area contributed by atoms with E-state index in [-0.39, 0.29) is 5.56 Å². The van der Waals surface area contributed by atoms with Gasteiger partial charge in [0.25, 0.3) is 5.56 Å². The number of benzene rings is 2. The van der Waals surface area contributed by atoms with Crippen molar-refractivity contribution in [2.45, 2.75) is 19.3 Å². The van der Waals surface area contributed by atoms with Crippen LogP contribution >= 0.6 is 0 Å². The molecule has 1 aromatic heterocycles. The van der Waals surface area contributed by atoms with Crippen molar-refractivity contribution in [1.29, 1.82) is 0 Å². The highest BCUT2D eigenvalue weighted by atomic mass is 16.1. The number of piperidine rings is 1.